The molecule has 0 bridgehead atoms. The first-order valence-electron chi connectivity index (χ1n) is 3.74. The second-order valence-corrected chi connectivity index (χ2v) is 5.95. The molecule has 9 heavy (non-hydrogen) atoms. The molecule has 0 spiro atoms. The molecule has 0 amide bonds. The van der Waals surface area contributed by atoms with Crippen LogP contribution in [0.3, 0.4) is 0 Å². The molecule has 55 valence electrons. The van der Waals surface area contributed by atoms with E-state index in [1.165, 1.54) is 24.9 Å². The fourth-order valence-corrected chi connectivity index (χ4v) is 3.70. The molecule has 0 aliphatic rings. The van der Waals surface area contributed by atoms with Crippen LogP contribution in [0, 0.1) is 0 Å². The third-order valence-electron chi connectivity index (χ3n) is 1.40. The van der Waals surface area contributed by atoms with Gasteiger partial charge >= 0.3 is 0 Å². The Hall–Kier alpha value is 0.507. The predicted molar refractivity (Wildman–Crippen MR) is 46.7 cm³/mol. The Balaban J connectivity index is 3.18. The summed E-state index contributed by atoms with van der Waals surface area (Å²) < 4.78 is 0. The van der Waals surface area contributed by atoms with Gasteiger partial charge < -0.3 is 0 Å². The average molecular weight is 164 g/mol. The second kappa shape index (κ2) is 6.62. The molecule has 0 atom stereocenters. The van der Waals surface area contributed by atoms with Crippen LogP contribution in [0.2, 0.25) is 12.1 Å². The van der Waals surface area contributed by atoms with Crippen molar-refractivity contribution in [1.82, 2.24) is 0 Å². The van der Waals surface area contributed by atoms with Crippen LogP contribution in [-0.2, 0) is 0 Å². The Labute approximate surface area is 65.2 Å². The summed E-state index contributed by atoms with van der Waals surface area (Å²) in [4.78, 5) is 0. The van der Waals surface area contributed by atoms with E-state index in [1.54, 1.807) is 0 Å². The summed E-state index contributed by atoms with van der Waals surface area (Å²) in [5, 5.41) is 0. The van der Waals surface area contributed by atoms with Gasteiger partial charge in [0.25, 0.3) is 0 Å². The lowest BCUT2D eigenvalue weighted by Gasteiger charge is -2.06. The lowest BCUT2D eigenvalue weighted by molar-refractivity contribution is 1.00. The van der Waals surface area contributed by atoms with Crippen molar-refractivity contribution in [3.63, 3.8) is 0 Å². The minimum Gasteiger partial charge on any atom is -0.130 e. The first kappa shape index (κ1) is 9.51. The van der Waals surface area contributed by atoms with Gasteiger partial charge in [0.15, 0.2) is 0 Å². The van der Waals surface area contributed by atoms with E-state index in [0.717, 1.165) is 5.50 Å². The average Bonchev–Trinajstić information content (AvgIpc) is 1.88. The van der Waals surface area contributed by atoms with Crippen molar-refractivity contribution >= 4 is 20.4 Å². The molecule has 0 aliphatic carbocycles. The van der Waals surface area contributed by atoms with Crippen molar-refractivity contribution in [2.45, 2.75) is 38.8 Å². The standard InChI is InChI=1S/C7H16ClSi/c1-3-5-9(7-8)6-4-2/h3-7H2,1-2H3. The van der Waals surface area contributed by atoms with E-state index in [4.69, 9.17) is 11.6 Å². The Morgan fingerprint density at radius 3 is 1.78 bits per heavy atom. The van der Waals surface area contributed by atoms with Crippen LogP contribution in [-0.4, -0.2) is 14.3 Å². The molecular weight excluding hydrogens is 148 g/mol. The summed E-state index contributed by atoms with van der Waals surface area (Å²) in [7, 11) is -0.120. The van der Waals surface area contributed by atoms with Crippen molar-refractivity contribution in [3.05, 3.63) is 0 Å². The summed E-state index contributed by atoms with van der Waals surface area (Å²) >= 11 is 5.77. The smallest absolute Gasteiger partial charge is 0.0658 e. The maximum atomic E-state index is 5.77. The maximum absolute atomic E-state index is 5.77. The highest BCUT2D eigenvalue weighted by atomic mass is 35.5. The van der Waals surface area contributed by atoms with Crippen molar-refractivity contribution in [2.75, 3.05) is 5.50 Å². The molecule has 0 aromatic rings. The fourth-order valence-electron chi connectivity index (χ4n) is 0.966. The van der Waals surface area contributed by atoms with Crippen LogP contribution < -0.4 is 0 Å². The zero-order valence-corrected chi connectivity index (χ0v) is 8.17. The summed E-state index contributed by atoms with van der Waals surface area (Å²) in [6.07, 6.45) is 2.64. The summed E-state index contributed by atoms with van der Waals surface area (Å²) in [6.45, 7) is 4.49. The minimum atomic E-state index is -0.120. The molecule has 0 fully saturated rings. The molecule has 0 saturated heterocycles. The molecule has 0 aromatic carbocycles. The first-order valence-corrected chi connectivity index (χ1v) is 6.40. The topological polar surface area (TPSA) is 0 Å². The molecular formula is C7H16ClSi. The molecule has 0 N–H and O–H groups in total. The van der Waals surface area contributed by atoms with E-state index < -0.39 is 0 Å². The van der Waals surface area contributed by atoms with Crippen molar-refractivity contribution in [1.29, 1.82) is 0 Å². The zero-order chi connectivity index (χ0) is 7.11. The molecule has 2 heteroatoms. The van der Waals surface area contributed by atoms with Crippen molar-refractivity contribution in [3.8, 4) is 0 Å². The van der Waals surface area contributed by atoms with E-state index >= 15 is 0 Å². The Bertz CT molecular complexity index is 50.9. The van der Waals surface area contributed by atoms with Gasteiger partial charge in [-0.3, -0.25) is 0 Å². The SMILES string of the molecule is CCC[Si](CCl)CCC. The number of rotatable bonds is 5. The third-order valence-corrected chi connectivity index (χ3v) is 5.32. The van der Waals surface area contributed by atoms with Crippen LogP contribution in [0.4, 0.5) is 0 Å². The van der Waals surface area contributed by atoms with Gasteiger partial charge in [-0.15, -0.1) is 11.6 Å². The minimum absolute atomic E-state index is 0.120. The van der Waals surface area contributed by atoms with E-state index in [0.29, 0.717) is 0 Å². The van der Waals surface area contributed by atoms with Gasteiger partial charge in [-0.05, 0) is 0 Å². The highest BCUT2D eigenvalue weighted by Gasteiger charge is 2.05. The molecule has 0 saturated carbocycles. The van der Waals surface area contributed by atoms with Crippen LogP contribution in [0.1, 0.15) is 26.7 Å². The highest BCUT2D eigenvalue weighted by Crippen LogP contribution is 2.06. The zero-order valence-electron chi connectivity index (χ0n) is 6.41. The number of hydrogen-bond acceptors (Lipinski definition) is 0. The lowest BCUT2D eigenvalue weighted by Crippen LogP contribution is -2.13. The second-order valence-electron chi connectivity index (χ2n) is 2.38. The molecule has 0 aromatic heterocycles. The molecule has 1 radical (unpaired) electrons. The van der Waals surface area contributed by atoms with Crippen LogP contribution >= 0.6 is 11.6 Å². The van der Waals surface area contributed by atoms with Gasteiger partial charge in [-0.2, -0.15) is 0 Å². The van der Waals surface area contributed by atoms with Gasteiger partial charge in [0.2, 0.25) is 0 Å². The quantitative estimate of drug-likeness (QED) is 0.432. The van der Waals surface area contributed by atoms with Crippen LogP contribution in [0.5, 0.6) is 0 Å². The molecule has 0 nitrogen and oxygen atoms in total. The van der Waals surface area contributed by atoms with Crippen LogP contribution in [0.15, 0.2) is 0 Å². The number of halogens is 1. The lowest BCUT2D eigenvalue weighted by atomic mass is 10.6. The van der Waals surface area contributed by atoms with Crippen molar-refractivity contribution in [2.24, 2.45) is 0 Å². The molecule has 0 rings (SSSR count). The summed E-state index contributed by atoms with van der Waals surface area (Å²) in [5.74, 6) is 0. The van der Waals surface area contributed by atoms with Gasteiger partial charge in [0.05, 0.1) is 8.80 Å². The van der Waals surface area contributed by atoms with E-state index in [2.05, 4.69) is 13.8 Å². The molecule has 0 heterocycles. The maximum Gasteiger partial charge on any atom is 0.0658 e. The van der Waals surface area contributed by atoms with Crippen LogP contribution in [0.25, 0.3) is 0 Å². The Kier molecular flexibility index (Phi) is 7.00. The Morgan fingerprint density at radius 2 is 1.56 bits per heavy atom. The largest absolute Gasteiger partial charge is 0.130 e. The van der Waals surface area contributed by atoms with Crippen molar-refractivity contribution < 1.29 is 0 Å². The van der Waals surface area contributed by atoms with Gasteiger partial charge in [0, 0.05) is 5.50 Å². The fraction of sp³-hybridized carbons (Fsp3) is 1.00. The van der Waals surface area contributed by atoms with E-state index in [-0.39, 0.29) is 8.80 Å². The first-order chi connectivity index (χ1) is 4.35. The summed E-state index contributed by atoms with van der Waals surface area (Å²) in [5.41, 5.74) is 0.951. The number of alkyl halides is 1. The predicted octanol–water partition coefficient (Wildman–Crippen LogP) is 3.08. The Morgan fingerprint density at radius 1 is 1.11 bits per heavy atom. The number of hydrogen-bond donors (Lipinski definition) is 0. The van der Waals surface area contributed by atoms with E-state index in [1.807, 2.05) is 0 Å². The highest BCUT2D eigenvalue weighted by molar-refractivity contribution is 6.67. The van der Waals surface area contributed by atoms with Gasteiger partial charge in [0.1, 0.15) is 0 Å². The molecule has 0 unspecified atom stereocenters. The summed E-state index contributed by atoms with van der Waals surface area (Å²) in [6, 6.07) is 2.81. The van der Waals surface area contributed by atoms with Gasteiger partial charge in [-0.25, -0.2) is 0 Å². The van der Waals surface area contributed by atoms with E-state index in [9.17, 15) is 0 Å². The molecule has 0 aliphatic heterocycles. The monoisotopic (exact) mass is 163 g/mol. The normalized spacial score (nSPS) is 10.7. The van der Waals surface area contributed by atoms with Gasteiger partial charge in [-0.1, -0.05) is 38.8 Å². The third kappa shape index (κ3) is 4.98.